The fraction of sp³-hybridized carbons (Fsp3) is 0.714. The van der Waals surface area contributed by atoms with E-state index in [2.05, 4.69) is 40.1 Å². The molecule has 1 rings (SSSR count). The summed E-state index contributed by atoms with van der Waals surface area (Å²) in [6.45, 7) is 4.26. The molecule has 0 fully saturated rings. The maximum atomic E-state index is 4.04. The molecule has 0 radical (unpaired) electrons. The normalized spacial score (nSPS) is 12.0. The maximum absolute atomic E-state index is 4.04. The molecule has 62 valence electrons. The quantitative estimate of drug-likeness (QED) is 0.704. The van der Waals surface area contributed by atoms with Crippen LogP contribution in [0.1, 0.15) is 19.5 Å². The summed E-state index contributed by atoms with van der Waals surface area (Å²) in [5, 5.41) is 8.82. The fourth-order valence-electron chi connectivity index (χ4n) is 0.726. The van der Waals surface area contributed by atoms with E-state index < -0.39 is 0 Å². The van der Waals surface area contributed by atoms with Crippen molar-refractivity contribution >= 4 is 15.9 Å². The second-order valence-electron chi connectivity index (χ2n) is 3.29. The maximum Gasteiger partial charge on any atom is 0.0891 e. The molecule has 0 aliphatic heterocycles. The van der Waals surface area contributed by atoms with Crippen molar-refractivity contribution in [2.75, 3.05) is 5.33 Å². The van der Waals surface area contributed by atoms with E-state index in [4.69, 9.17) is 0 Å². The fourth-order valence-corrected chi connectivity index (χ4v) is 1.01. The lowest BCUT2D eigenvalue weighted by atomic mass is 9.93. The molecule has 0 unspecified atom stereocenters. The Labute approximate surface area is 74.9 Å². The van der Waals surface area contributed by atoms with Crippen LogP contribution in [0.15, 0.2) is 6.20 Å². The van der Waals surface area contributed by atoms with Gasteiger partial charge >= 0.3 is 0 Å². The molecule has 0 aromatic carbocycles. The van der Waals surface area contributed by atoms with E-state index in [-0.39, 0.29) is 5.41 Å². The number of hydrogen-bond acceptors (Lipinski definition) is 2. The zero-order valence-electron chi connectivity index (χ0n) is 7.00. The van der Waals surface area contributed by atoms with Crippen LogP contribution >= 0.6 is 15.9 Å². The highest BCUT2D eigenvalue weighted by Crippen LogP contribution is 2.22. The van der Waals surface area contributed by atoms with Gasteiger partial charge in [0.1, 0.15) is 0 Å². The third-order valence-electron chi connectivity index (χ3n) is 1.63. The number of hydrogen-bond donors (Lipinski definition) is 0. The number of halogens is 1. The topological polar surface area (TPSA) is 30.7 Å². The Bertz CT molecular complexity index is 242. The Morgan fingerprint density at radius 3 is 2.64 bits per heavy atom. The first-order valence-corrected chi connectivity index (χ1v) is 4.61. The zero-order chi connectivity index (χ0) is 8.48. The first kappa shape index (κ1) is 8.71. The highest BCUT2D eigenvalue weighted by atomic mass is 79.9. The SMILES string of the molecule is Cn1cc(C(C)(C)CBr)nn1. The van der Waals surface area contributed by atoms with Crippen molar-refractivity contribution in [1.29, 1.82) is 0 Å². The van der Waals surface area contributed by atoms with Crippen molar-refractivity contribution in [3.63, 3.8) is 0 Å². The standard InChI is InChI=1S/C7H12BrN3/c1-7(2,5-8)6-4-11(3)10-9-6/h4H,5H2,1-3H3. The molecule has 0 bridgehead atoms. The van der Waals surface area contributed by atoms with E-state index in [1.54, 1.807) is 4.68 Å². The van der Waals surface area contributed by atoms with Crippen LogP contribution in [-0.4, -0.2) is 20.3 Å². The summed E-state index contributed by atoms with van der Waals surface area (Å²) in [5.74, 6) is 0. The molecule has 11 heavy (non-hydrogen) atoms. The van der Waals surface area contributed by atoms with Crippen LogP contribution < -0.4 is 0 Å². The minimum atomic E-state index is 0.0776. The Hall–Kier alpha value is -0.380. The minimum Gasteiger partial charge on any atom is -0.255 e. The van der Waals surface area contributed by atoms with Crippen molar-refractivity contribution in [2.45, 2.75) is 19.3 Å². The number of nitrogens with zero attached hydrogens (tertiary/aromatic N) is 3. The van der Waals surface area contributed by atoms with Gasteiger partial charge in [0, 0.05) is 24.0 Å². The van der Waals surface area contributed by atoms with Gasteiger partial charge in [-0.3, -0.25) is 4.68 Å². The molecule has 0 saturated carbocycles. The van der Waals surface area contributed by atoms with E-state index in [0.29, 0.717) is 0 Å². The van der Waals surface area contributed by atoms with Gasteiger partial charge in [0.25, 0.3) is 0 Å². The largest absolute Gasteiger partial charge is 0.255 e. The van der Waals surface area contributed by atoms with E-state index in [9.17, 15) is 0 Å². The molecule has 0 spiro atoms. The first-order valence-electron chi connectivity index (χ1n) is 3.49. The van der Waals surface area contributed by atoms with Gasteiger partial charge in [-0.05, 0) is 0 Å². The number of aromatic nitrogens is 3. The minimum absolute atomic E-state index is 0.0776. The number of alkyl halides is 1. The lowest BCUT2D eigenvalue weighted by Gasteiger charge is -2.16. The van der Waals surface area contributed by atoms with E-state index in [0.717, 1.165) is 11.0 Å². The van der Waals surface area contributed by atoms with Crippen LogP contribution in [0.4, 0.5) is 0 Å². The van der Waals surface area contributed by atoms with Gasteiger partial charge < -0.3 is 0 Å². The van der Waals surface area contributed by atoms with Crippen LogP contribution in [0, 0.1) is 0 Å². The summed E-state index contributed by atoms with van der Waals surface area (Å²) < 4.78 is 1.72. The van der Waals surface area contributed by atoms with Crippen LogP contribution in [0.5, 0.6) is 0 Å². The molecule has 0 atom stereocenters. The summed E-state index contributed by atoms with van der Waals surface area (Å²) in [7, 11) is 1.88. The molecule has 4 heteroatoms. The molecule has 0 amide bonds. The molecular formula is C7H12BrN3. The van der Waals surface area contributed by atoms with Crippen LogP contribution in [0.3, 0.4) is 0 Å². The third-order valence-corrected chi connectivity index (χ3v) is 3.03. The predicted molar refractivity (Wildman–Crippen MR) is 47.8 cm³/mol. The van der Waals surface area contributed by atoms with Crippen LogP contribution in [-0.2, 0) is 12.5 Å². The van der Waals surface area contributed by atoms with Crippen molar-refractivity contribution in [2.24, 2.45) is 7.05 Å². The van der Waals surface area contributed by atoms with Crippen molar-refractivity contribution in [3.8, 4) is 0 Å². The Morgan fingerprint density at radius 2 is 2.27 bits per heavy atom. The first-order chi connectivity index (χ1) is 5.06. The van der Waals surface area contributed by atoms with Gasteiger partial charge in [0.05, 0.1) is 5.69 Å². The zero-order valence-corrected chi connectivity index (χ0v) is 8.59. The average molecular weight is 218 g/mol. The molecular weight excluding hydrogens is 206 g/mol. The van der Waals surface area contributed by atoms with Gasteiger partial charge in [-0.25, -0.2) is 0 Å². The number of aryl methyl sites for hydroxylation is 1. The molecule has 3 nitrogen and oxygen atoms in total. The van der Waals surface area contributed by atoms with Gasteiger partial charge in [-0.15, -0.1) is 5.10 Å². The second-order valence-corrected chi connectivity index (χ2v) is 3.86. The van der Waals surface area contributed by atoms with E-state index in [1.807, 2.05) is 13.2 Å². The van der Waals surface area contributed by atoms with Gasteiger partial charge in [-0.1, -0.05) is 35.0 Å². The molecule has 1 aromatic rings. The average Bonchev–Trinajstić information content (AvgIpc) is 2.36. The van der Waals surface area contributed by atoms with E-state index in [1.165, 1.54) is 0 Å². The van der Waals surface area contributed by atoms with Crippen molar-refractivity contribution < 1.29 is 0 Å². The molecule has 0 saturated heterocycles. The Balaban J connectivity index is 2.92. The molecule has 0 N–H and O–H groups in total. The van der Waals surface area contributed by atoms with Crippen LogP contribution in [0.2, 0.25) is 0 Å². The second kappa shape index (κ2) is 2.93. The van der Waals surface area contributed by atoms with Crippen molar-refractivity contribution in [3.05, 3.63) is 11.9 Å². The summed E-state index contributed by atoms with van der Waals surface area (Å²) in [6.07, 6.45) is 1.95. The summed E-state index contributed by atoms with van der Waals surface area (Å²) in [4.78, 5) is 0. The highest BCUT2D eigenvalue weighted by molar-refractivity contribution is 9.09. The molecule has 0 aliphatic carbocycles. The molecule has 1 aromatic heterocycles. The monoisotopic (exact) mass is 217 g/mol. The van der Waals surface area contributed by atoms with E-state index >= 15 is 0 Å². The Kier molecular flexibility index (Phi) is 2.32. The van der Waals surface area contributed by atoms with Gasteiger partial charge in [0.15, 0.2) is 0 Å². The molecule has 0 aliphatic rings. The number of rotatable bonds is 2. The van der Waals surface area contributed by atoms with Crippen molar-refractivity contribution in [1.82, 2.24) is 15.0 Å². The lowest BCUT2D eigenvalue weighted by molar-refractivity contribution is 0.581. The Morgan fingerprint density at radius 1 is 1.64 bits per heavy atom. The lowest BCUT2D eigenvalue weighted by Crippen LogP contribution is -2.19. The third kappa shape index (κ3) is 1.80. The summed E-state index contributed by atoms with van der Waals surface area (Å²) in [6, 6.07) is 0. The van der Waals surface area contributed by atoms with Crippen LogP contribution in [0.25, 0.3) is 0 Å². The molecule has 1 heterocycles. The summed E-state index contributed by atoms with van der Waals surface area (Å²) >= 11 is 3.44. The predicted octanol–water partition coefficient (Wildman–Crippen LogP) is 1.49. The smallest absolute Gasteiger partial charge is 0.0891 e. The highest BCUT2D eigenvalue weighted by Gasteiger charge is 2.21. The summed E-state index contributed by atoms with van der Waals surface area (Å²) in [5.41, 5.74) is 1.10. The van der Waals surface area contributed by atoms with Gasteiger partial charge in [-0.2, -0.15) is 0 Å². The van der Waals surface area contributed by atoms with Gasteiger partial charge in [0.2, 0.25) is 0 Å².